The van der Waals surface area contributed by atoms with Crippen LogP contribution in [0.4, 0.5) is 11.4 Å². The normalized spacial score (nSPS) is 10.1. The van der Waals surface area contributed by atoms with E-state index in [1.54, 1.807) is 42.5 Å². The largest absolute Gasteiger partial charge is 0.489 e. The van der Waals surface area contributed by atoms with E-state index < -0.39 is 28.9 Å². The molecule has 0 heterocycles. The summed E-state index contributed by atoms with van der Waals surface area (Å²) < 4.78 is 21.0. The Morgan fingerprint density at radius 1 is 0.583 bits per heavy atom. The molecule has 0 spiro atoms. The summed E-state index contributed by atoms with van der Waals surface area (Å²) in [5.74, 6) is 0.402. The molecule has 0 aromatic heterocycles. The van der Waals surface area contributed by atoms with E-state index in [9.17, 15) is 29.8 Å². The Hall–Kier alpha value is -6.88. The first kappa shape index (κ1) is 45.8. The fourth-order valence-electron chi connectivity index (χ4n) is 5.34. The van der Waals surface area contributed by atoms with Crippen LogP contribution in [-0.4, -0.2) is 53.2 Å². The Labute approximate surface area is 354 Å². The lowest BCUT2D eigenvalue weighted by molar-refractivity contribution is -0.385. The van der Waals surface area contributed by atoms with Crippen molar-refractivity contribution >= 4 is 51.8 Å². The number of nitrogens with zero attached hydrogens (tertiary/aromatic N) is 2. The summed E-state index contributed by atoms with van der Waals surface area (Å²) in [5, 5.41) is 39.9. The quantitative estimate of drug-likeness (QED) is 0.0472. The number of benzene rings is 6. The summed E-state index contributed by atoms with van der Waals surface area (Å²) in [6.07, 6.45) is -0.237. The third-order valence-electron chi connectivity index (χ3n) is 8.51. The van der Waals surface area contributed by atoms with Gasteiger partial charge in [-0.25, -0.2) is 0 Å². The molecule has 0 aliphatic rings. The van der Waals surface area contributed by atoms with Gasteiger partial charge < -0.3 is 29.0 Å². The molecule has 6 aromatic carbocycles. The van der Waals surface area contributed by atoms with Crippen molar-refractivity contribution in [2.75, 3.05) is 14.2 Å². The van der Waals surface area contributed by atoms with Gasteiger partial charge in [-0.3, -0.25) is 29.8 Å². The van der Waals surface area contributed by atoms with Crippen molar-refractivity contribution in [2.45, 2.75) is 26.1 Å². The molecule has 0 bridgehead atoms. The summed E-state index contributed by atoms with van der Waals surface area (Å²) in [6.45, 7) is 0.968. The number of rotatable bonds is 14. The van der Waals surface area contributed by atoms with Gasteiger partial charge >= 0.3 is 19.1 Å². The molecule has 308 valence electrons. The van der Waals surface area contributed by atoms with Crippen molar-refractivity contribution in [1.82, 2.24) is 0 Å². The summed E-state index contributed by atoms with van der Waals surface area (Å²) in [7, 11) is 1.06. The lowest BCUT2D eigenvalue weighted by Gasteiger charge is -2.09. The molecule has 2 N–H and O–H groups in total. The van der Waals surface area contributed by atoms with Crippen LogP contribution in [0.5, 0.6) is 11.5 Å². The molecular weight excluding hydrogens is 839 g/mol. The van der Waals surface area contributed by atoms with Crippen molar-refractivity contribution in [1.29, 1.82) is 0 Å². The van der Waals surface area contributed by atoms with Gasteiger partial charge in [0, 0.05) is 27.7 Å². The number of ether oxygens (including phenoxy) is 4. The molecule has 60 heavy (non-hydrogen) atoms. The van der Waals surface area contributed by atoms with E-state index in [0.717, 1.165) is 16.7 Å². The molecule has 16 heteroatoms. The highest BCUT2D eigenvalue weighted by molar-refractivity contribution is 9.10. The van der Waals surface area contributed by atoms with Crippen LogP contribution >= 0.6 is 15.9 Å². The zero-order chi connectivity index (χ0) is 43.4. The maximum atomic E-state index is 11.5. The van der Waals surface area contributed by atoms with Gasteiger partial charge in [-0.15, -0.1) is 0 Å². The minimum absolute atomic E-state index is 0.0882. The predicted octanol–water partition coefficient (Wildman–Crippen LogP) is 7.57. The average Bonchev–Trinajstić information content (AvgIpc) is 3.27. The number of esters is 2. The third kappa shape index (κ3) is 14.8. The fourth-order valence-corrected chi connectivity index (χ4v) is 5.69. The number of hydrogen-bond acceptors (Lipinski definition) is 12. The molecule has 0 saturated carbocycles. The molecule has 0 fully saturated rings. The monoisotopic (exact) mass is 878 g/mol. The first-order chi connectivity index (χ1) is 28.9. The van der Waals surface area contributed by atoms with E-state index >= 15 is 0 Å². The highest BCUT2D eigenvalue weighted by atomic mass is 79.9. The maximum absolute atomic E-state index is 11.5. The molecule has 0 unspecified atom stereocenters. The molecule has 0 radical (unpaired) electrons. The Morgan fingerprint density at radius 3 is 1.43 bits per heavy atom. The van der Waals surface area contributed by atoms with Crippen molar-refractivity contribution in [3.63, 3.8) is 0 Å². The lowest BCUT2D eigenvalue weighted by Crippen LogP contribution is -2.29. The van der Waals surface area contributed by atoms with Crippen molar-refractivity contribution < 1.29 is 48.4 Å². The van der Waals surface area contributed by atoms with Crippen molar-refractivity contribution in [2.24, 2.45) is 0 Å². The number of halogens is 1. The molecule has 0 atom stereocenters. The molecule has 0 amide bonds. The summed E-state index contributed by atoms with van der Waals surface area (Å²) in [6, 6.07) is 43.1. The zero-order valence-corrected chi connectivity index (χ0v) is 34.1. The van der Waals surface area contributed by atoms with Gasteiger partial charge in [-0.05, 0) is 58.0 Å². The lowest BCUT2D eigenvalue weighted by atomic mass is 9.80. The SMILES string of the molecule is COC(=O)Cc1ccc(-c2ccc(OCc3ccccc3)cc2)cc1[N+](=O)[O-].COC(=O)Cc1ccc(Br)cc1[N+](=O)[O-].OB(O)c1ccc(OCc2ccccc2)cc1. The standard InChI is InChI=1S/C22H19NO5.C13H13BO3.C9H8BrNO4/c1-27-22(24)14-19-8-7-18(13-21(19)23(25)26)17-9-11-20(12-10-17)28-15-16-5-3-2-4-6-16;15-14(16)12-6-8-13(9-7-12)17-10-11-4-2-1-3-5-11;1-15-9(12)4-6-2-3-7(10)5-8(6)11(13)14/h2-13H,14-15H2,1H3;1-9,15-16H,10H2;2-3,5H,4H2,1H3. The van der Waals surface area contributed by atoms with Gasteiger partial charge in [0.25, 0.3) is 11.4 Å². The van der Waals surface area contributed by atoms with Crippen molar-refractivity contribution in [3.8, 4) is 22.6 Å². The topological polar surface area (TPSA) is 198 Å². The van der Waals surface area contributed by atoms with E-state index in [4.69, 9.17) is 19.5 Å². The van der Waals surface area contributed by atoms with Crippen LogP contribution in [-0.2, 0) is 45.1 Å². The number of hydrogen-bond donors (Lipinski definition) is 2. The Balaban J connectivity index is 0.000000213. The van der Waals surface area contributed by atoms with Gasteiger partial charge in [-0.2, -0.15) is 0 Å². The predicted molar refractivity (Wildman–Crippen MR) is 229 cm³/mol. The Bertz CT molecular complexity index is 2330. The average molecular weight is 880 g/mol. The van der Waals surface area contributed by atoms with E-state index in [-0.39, 0.29) is 24.2 Å². The summed E-state index contributed by atoms with van der Waals surface area (Å²) >= 11 is 3.13. The van der Waals surface area contributed by atoms with E-state index in [1.807, 2.05) is 84.9 Å². The van der Waals surface area contributed by atoms with Crippen LogP contribution < -0.4 is 14.9 Å². The summed E-state index contributed by atoms with van der Waals surface area (Å²) in [5.41, 5.74) is 4.61. The van der Waals surface area contributed by atoms with Crippen LogP contribution in [0, 0.1) is 20.2 Å². The first-order valence-electron chi connectivity index (χ1n) is 18.1. The smallest absolute Gasteiger partial charge is 0.488 e. The number of carbonyl (C=O) groups is 2. The molecule has 14 nitrogen and oxygen atoms in total. The van der Waals surface area contributed by atoms with Crippen LogP contribution in [0.3, 0.4) is 0 Å². The molecular formula is C44H40BBrN2O12. The zero-order valence-electron chi connectivity index (χ0n) is 32.5. The van der Waals surface area contributed by atoms with E-state index in [2.05, 4.69) is 25.4 Å². The minimum atomic E-state index is -1.43. The first-order valence-corrected chi connectivity index (χ1v) is 18.9. The van der Waals surface area contributed by atoms with Crippen LogP contribution in [0.25, 0.3) is 11.1 Å². The molecule has 0 aliphatic heterocycles. The fraction of sp³-hybridized carbons (Fsp3) is 0.136. The van der Waals surface area contributed by atoms with Gasteiger partial charge in [0.1, 0.15) is 24.7 Å². The van der Waals surface area contributed by atoms with Crippen molar-refractivity contribution in [3.05, 3.63) is 193 Å². The Morgan fingerprint density at radius 2 is 1.00 bits per heavy atom. The molecule has 0 saturated heterocycles. The highest BCUT2D eigenvalue weighted by Crippen LogP contribution is 2.29. The Kier molecular flexibility index (Phi) is 18.0. The van der Waals surface area contributed by atoms with E-state index in [1.165, 1.54) is 32.4 Å². The molecule has 6 aromatic rings. The number of carbonyl (C=O) groups excluding carboxylic acids is 2. The highest BCUT2D eigenvalue weighted by Gasteiger charge is 2.19. The number of methoxy groups -OCH3 is 2. The second-order valence-electron chi connectivity index (χ2n) is 12.7. The summed E-state index contributed by atoms with van der Waals surface area (Å²) in [4.78, 5) is 43.5. The molecule has 6 rings (SSSR count). The minimum Gasteiger partial charge on any atom is -0.489 e. The van der Waals surface area contributed by atoms with Crippen LogP contribution in [0.1, 0.15) is 22.3 Å². The molecule has 0 aliphatic carbocycles. The van der Waals surface area contributed by atoms with Gasteiger partial charge in [-0.1, -0.05) is 119 Å². The van der Waals surface area contributed by atoms with Gasteiger partial charge in [0.15, 0.2) is 0 Å². The van der Waals surface area contributed by atoms with Crippen LogP contribution in [0.15, 0.2) is 150 Å². The van der Waals surface area contributed by atoms with Gasteiger partial charge in [0.2, 0.25) is 0 Å². The second-order valence-corrected chi connectivity index (χ2v) is 13.6. The van der Waals surface area contributed by atoms with Gasteiger partial charge in [0.05, 0.1) is 36.9 Å². The number of nitro benzene ring substituents is 2. The number of nitro groups is 2. The second kappa shape index (κ2) is 23.5. The third-order valence-corrected chi connectivity index (χ3v) is 9.01. The maximum Gasteiger partial charge on any atom is 0.488 e. The van der Waals surface area contributed by atoms with Crippen LogP contribution in [0.2, 0.25) is 0 Å². The van der Waals surface area contributed by atoms with E-state index in [0.29, 0.717) is 51.3 Å².